The largest absolute Gasteiger partial charge is 0.394 e. The number of rotatable bonds is 10. The summed E-state index contributed by atoms with van der Waals surface area (Å²) in [6.45, 7) is 1.96. The molecule has 0 radical (unpaired) electrons. The molecule has 0 aliphatic rings. The van der Waals surface area contributed by atoms with Crippen LogP contribution >= 0.6 is 24.8 Å². The summed E-state index contributed by atoms with van der Waals surface area (Å²) in [6, 6.07) is 0. The van der Waals surface area contributed by atoms with Gasteiger partial charge in [-0.25, -0.2) is 0 Å². The van der Waals surface area contributed by atoms with E-state index in [1.165, 1.54) is 0 Å². The smallest absolute Gasteiger partial charge is 0.133 e. The summed E-state index contributed by atoms with van der Waals surface area (Å²) < 4.78 is 0.296. The van der Waals surface area contributed by atoms with Crippen LogP contribution in [0.3, 0.4) is 0 Å². The number of aliphatic hydroxyl groups excluding tert-OH is 5. The second kappa shape index (κ2) is 10.7. The van der Waals surface area contributed by atoms with E-state index in [1.807, 2.05) is 0 Å². The first-order chi connectivity index (χ1) is 9.34. The Kier molecular flexibility index (Phi) is 10.7. The average Bonchev–Trinajstić information content (AvgIpc) is 2.43. The van der Waals surface area contributed by atoms with Crippen molar-refractivity contribution in [2.24, 2.45) is 0 Å². The topological polar surface area (TPSA) is 104 Å². The van der Waals surface area contributed by atoms with Gasteiger partial charge in [0.15, 0.2) is 0 Å². The summed E-state index contributed by atoms with van der Waals surface area (Å²) in [5.74, 6) is 0. The van der Waals surface area contributed by atoms with Crippen LogP contribution in [-0.4, -0.2) is 78.9 Å². The van der Waals surface area contributed by atoms with Gasteiger partial charge in [0.2, 0.25) is 0 Å². The van der Waals surface area contributed by atoms with Crippen LogP contribution in [0.4, 0.5) is 0 Å². The first-order valence-corrected chi connectivity index (χ1v) is 7.51. The molecule has 0 aromatic rings. The van der Waals surface area contributed by atoms with E-state index < -0.39 is 31.0 Å². The molecule has 0 bridgehead atoms. The molecular formula is C12H25NO5S2. The van der Waals surface area contributed by atoms with E-state index in [0.29, 0.717) is 10.9 Å². The van der Waals surface area contributed by atoms with Crippen LogP contribution in [-0.2, 0) is 0 Å². The molecule has 8 heteroatoms. The molecule has 0 fully saturated rings. The highest BCUT2D eigenvalue weighted by Crippen LogP contribution is 2.10. The van der Waals surface area contributed by atoms with Gasteiger partial charge in [0, 0.05) is 13.1 Å². The third-order valence-corrected chi connectivity index (χ3v) is 3.58. The van der Waals surface area contributed by atoms with Crippen molar-refractivity contribution < 1.29 is 25.5 Å². The Balaban J connectivity index is 4.43. The van der Waals surface area contributed by atoms with Crippen molar-refractivity contribution in [2.75, 3.05) is 19.7 Å². The molecule has 0 amide bonds. The summed E-state index contributed by atoms with van der Waals surface area (Å²) in [5.41, 5.74) is 0. The van der Waals surface area contributed by atoms with Crippen LogP contribution in [0, 0.1) is 0 Å². The van der Waals surface area contributed by atoms with Crippen LogP contribution in [0.1, 0.15) is 26.2 Å². The van der Waals surface area contributed by atoms with E-state index in [1.54, 1.807) is 4.90 Å². The van der Waals surface area contributed by atoms with Gasteiger partial charge < -0.3 is 30.4 Å². The predicted octanol–water partition coefficient (Wildman–Crippen LogP) is -0.871. The summed E-state index contributed by atoms with van der Waals surface area (Å²) in [7, 11) is 0. The molecule has 0 heterocycles. The van der Waals surface area contributed by atoms with Crippen molar-refractivity contribution in [3.63, 3.8) is 0 Å². The van der Waals surface area contributed by atoms with E-state index in [-0.39, 0.29) is 6.54 Å². The maximum Gasteiger partial charge on any atom is 0.133 e. The van der Waals surface area contributed by atoms with Gasteiger partial charge in [0.1, 0.15) is 22.6 Å². The summed E-state index contributed by atoms with van der Waals surface area (Å²) in [5, 5.41) is 47.1. The van der Waals surface area contributed by atoms with Crippen molar-refractivity contribution in [1.29, 1.82) is 0 Å². The fourth-order valence-corrected chi connectivity index (χ4v) is 2.06. The van der Waals surface area contributed by atoms with Gasteiger partial charge in [-0.3, -0.25) is 0 Å². The lowest BCUT2D eigenvalue weighted by Crippen LogP contribution is -2.50. The van der Waals surface area contributed by atoms with Crippen molar-refractivity contribution in [3.8, 4) is 0 Å². The first kappa shape index (κ1) is 20.0. The minimum absolute atomic E-state index is 0.00240. The molecule has 120 valence electrons. The van der Waals surface area contributed by atoms with Crippen molar-refractivity contribution in [3.05, 3.63) is 0 Å². The fraction of sp³-hybridized carbons (Fsp3) is 0.917. The van der Waals surface area contributed by atoms with Crippen LogP contribution in [0.25, 0.3) is 0 Å². The normalized spacial score (nSPS) is 17.4. The van der Waals surface area contributed by atoms with Gasteiger partial charge in [0.25, 0.3) is 0 Å². The quantitative estimate of drug-likeness (QED) is 0.176. The van der Waals surface area contributed by atoms with Gasteiger partial charge in [-0.15, -0.1) is 12.6 Å². The van der Waals surface area contributed by atoms with Gasteiger partial charge in [-0.1, -0.05) is 32.0 Å². The highest BCUT2D eigenvalue weighted by molar-refractivity contribution is 8.10. The molecule has 0 spiro atoms. The van der Waals surface area contributed by atoms with Gasteiger partial charge in [0.05, 0.1) is 12.7 Å². The second-order valence-corrected chi connectivity index (χ2v) is 5.85. The lowest BCUT2D eigenvalue weighted by atomic mass is 10.0. The summed E-state index contributed by atoms with van der Waals surface area (Å²) in [4.78, 5) is 1.63. The minimum atomic E-state index is -1.62. The number of nitrogens with zero attached hydrogens (tertiary/aromatic N) is 1. The lowest BCUT2D eigenvalue weighted by Gasteiger charge is -2.30. The van der Waals surface area contributed by atoms with E-state index in [9.17, 15) is 20.4 Å². The van der Waals surface area contributed by atoms with Crippen molar-refractivity contribution in [1.82, 2.24) is 4.90 Å². The molecule has 0 rings (SSSR count). The number of unbranched alkanes of at least 4 members (excludes halogenated alkanes) is 2. The number of thiocarbonyl (C=S) groups is 1. The van der Waals surface area contributed by atoms with Crippen molar-refractivity contribution >= 4 is 29.2 Å². The Morgan fingerprint density at radius 3 is 2.10 bits per heavy atom. The first-order valence-electron chi connectivity index (χ1n) is 6.66. The standard InChI is InChI=1S/C12H25NO5S2/c1-2-3-4-5-13(12(19)20)6-8(15)10(17)11(18)9(16)7-14/h8-11,14-18H,2-7H2,1H3,(H,19,20). The minimum Gasteiger partial charge on any atom is -0.394 e. The molecule has 0 aromatic carbocycles. The lowest BCUT2D eigenvalue weighted by molar-refractivity contribution is -0.117. The predicted molar refractivity (Wildman–Crippen MR) is 83.8 cm³/mol. The summed E-state index contributed by atoms with van der Waals surface area (Å²) in [6.07, 6.45) is -3.08. The molecule has 6 nitrogen and oxygen atoms in total. The Labute approximate surface area is 130 Å². The van der Waals surface area contributed by atoms with Gasteiger partial charge in [-0.2, -0.15) is 0 Å². The van der Waals surface area contributed by atoms with Crippen molar-refractivity contribution in [2.45, 2.75) is 50.6 Å². The Bertz CT molecular complexity index is 283. The molecular weight excluding hydrogens is 302 g/mol. The average molecular weight is 327 g/mol. The third kappa shape index (κ3) is 7.16. The molecule has 5 N–H and O–H groups in total. The maximum atomic E-state index is 9.87. The molecule has 0 saturated heterocycles. The molecule has 4 unspecified atom stereocenters. The van der Waals surface area contributed by atoms with E-state index >= 15 is 0 Å². The highest BCUT2D eigenvalue weighted by atomic mass is 32.1. The van der Waals surface area contributed by atoms with Crippen LogP contribution in [0.15, 0.2) is 0 Å². The molecule has 20 heavy (non-hydrogen) atoms. The number of aliphatic hydroxyl groups is 5. The number of hydrogen-bond donors (Lipinski definition) is 6. The Hall–Kier alpha value is 0.0400. The molecule has 4 atom stereocenters. The zero-order valence-corrected chi connectivity index (χ0v) is 13.3. The second-order valence-electron chi connectivity index (χ2n) is 4.73. The van der Waals surface area contributed by atoms with E-state index in [2.05, 4.69) is 19.6 Å². The highest BCUT2D eigenvalue weighted by Gasteiger charge is 2.31. The van der Waals surface area contributed by atoms with Gasteiger partial charge in [-0.05, 0) is 6.42 Å². The van der Waals surface area contributed by atoms with E-state index in [4.69, 9.17) is 17.3 Å². The molecule has 0 aliphatic heterocycles. The molecule has 0 aliphatic carbocycles. The molecule has 0 saturated carbocycles. The number of thiol groups is 1. The monoisotopic (exact) mass is 327 g/mol. The molecule has 0 aromatic heterocycles. The number of hydrogen-bond acceptors (Lipinski definition) is 6. The zero-order valence-electron chi connectivity index (χ0n) is 11.6. The fourth-order valence-electron chi connectivity index (χ4n) is 1.71. The SMILES string of the molecule is CCCCCN(CC(O)C(O)C(O)C(O)CO)C(=S)S. The zero-order chi connectivity index (χ0) is 15.7. The van der Waals surface area contributed by atoms with Crippen LogP contribution < -0.4 is 0 Å². The van der Waals surface area contributed by atoms with E-state index in [0.717, 1.165) is 19.3 Å². The van der Waals surface area contributed by atoms with Gasteiger partial charge >= 0.3 is 0 Å². The third-order valence-electron chi connectivity index (χ3n) is 3.03. The maximum absolute atomic E-state index is 9.87. The Morgan fingerprint density at radius 2 is 1.65 bits per heavy atom. The van der Waals surface area contributed by atoms with Crippen LogP contribution in [0.2, 0.25) is 0 Å². The Morgan fingerprint density at radius 1 is 1.10 bits per heavy atom. The summed E-state index contributed by atoms with van der Waals surface area (Å²) >= 11 is 9.02. The van der Waals surface area contributed by atoms with Crippen LogP contribution in [0.5, 0.6) is 0 Å².